The number of methoxy groups -OCH3 is 1. The average molecular weight is 283 g/mol. The lowest BCUT2D eigenvalue weighted by Gasteiger charge is -2.26. The van der Waals surface area contributed by atoms with Gasteiger partial charge < -0.3 is 4.74 Å². The lowest BCUT2D eigenvalue weighted by atomic mass is 9.94. The zero-order valence-electron chi connectivity index (χ0n) is 11.8. The first-order chi connectivity index (χ1) is 10.3. The zero-order chi connectivity index (χ0) is 14.7. The van der Waals surface area contributed by atoms with Crippen LogP contribution in [0.15, 0.2) is 60.7 Å². The number of hydrogen-bond donors (Lipinski definition) is 0. The van der Waals surface area contributed by atoms with Crippen LogP contribution < -0.4 is 5.06 Å². The molecule has 3 rings (SSSR count). The number of hydrogen-bond acceptors (Lipinski definition) is 4. The van der Waals surface area contributed by atoms with Gasteiger partial charge in [0.15, 0.2) is 0 Å². The Morgan fingerprint density at radius 3 is 2.33 bits per heavy atom. The number of anilines is 1. The number of para-hydroxylation sites is 1. The molecule has 0 aromatic heterocycles. The number of benzene rings is 2. The number of hydroxylamine groups is 1. The van der Waals surface area contributed by atoms with Crippen LogP contribution in [0.4, 0.5) is 5.69 Å². The molecule has 0 amide bonds. The van der Waals surface area contributed by atoms with Crippen LogP contribution in [0.3, 0.4) is 0 Å². The molecule has 0 saturated carbocycles. The van der Waals surface area contributed by atoms with E-state index in [0.717, 1.165) is 11.3 Å². The summed E-state index contributed by atoms with van der Waals surface area (Å²) in [6.07, 6.45) is 0. The zero-order valence-corrected chi connectivity index (χ0v) is 11.8. The van der Waals surface area contributed by atoms with Gasteiger partial charge >= 0.3 is 5.97 Å². The molecule has 1 saturated heterocycles. The first-order valence-electron chi connectivity index (χ1n) is 6.91. The van der Waals surface area contributed by atoms with Crippen LogP contribution >= 0.6 is 0 Å². The van der Waals surface area contributed by atoms with Crippen molar-refractivity contribution in [3.05, 3.63) is 66.2 Å². The smallest absolute Gasteiger partial charge is 0.313 e. The predicted octanol–water partition coefficient (Wildman–Crippen LogP) is 2.97. The van der Waals surface area contributed by atoms with E-state index in [9.17, 15) is 4.79 Å². The molecule has 108 valence electrons. The van der Waals surface area contributed by atoms with Crippen LogP contribution in [0, 0.1) is 5.92 Å². The van der Waals surface area contributed by atoms with Gasteiger partial charge in [0.05, 0.1) is 25.4 Å². The molecule has 1 heterocycles. The molecule has 2 aromatic rings. The molecule has 4 heteroatoms. The fourth-order valence-corrected chi connectivity index (χ4v) is 2.67. The van der Waals surface area contributed by atoms with Crippen molar-refractivity contribution in [2.75, 3.05) is 18.8 Å². The van der Waals surface area contributed by atoms with Crippen LogP contribution in [0.25, 0.3) is 0 Å². The molecule has 0 unspecified atom stereocenters. The Labute approximate surface area is 123 Å². The van der Waals surface area contributed by atoms with Gasteiger partial charge in [0.1, 0.15) is 5.92 Å². The Morgan fingerprint density at radius 1 is 1.10 bits per heavy atom. The van der Waals surface area contributed by atoms with Gasteiger partial charge in [-0.25, -0.2) is 5.06 Å². The van der Waals surface area contributed by atoms with Gasteiger partial charge in [-0.05, 0) is 17.7 Å². The van der Waals surface area contributed by atoms with Gasteiger partial charge in [0.2, 0.25) is 0 Å². The molecular formula is C17H17NO3. The summed E-state index contributed by atoms with van der Waals surface area (Å²) < 4.78 is 4.92. The van der Waals surface area contributed by atoms with Crippen LogP contribution in [0.2, 0.25) is 0 Å². The third kappa shape index (κ3) is 2.62. The molecule has 0 aliphatic carbocycles. The molecular weight excluding hydrogens is 266 g/mol. The number of carbonyl (C=O) groups is 1. The van der Waals surface area contributed by atoms with Gasteiger partial charge in [0.25, 0.3) is 0 Å². The van der Waals surface area contributed by atoms with E-state index in [1.807, 2.05) is 60.7 Å². The summed E-state index contributed by atoms with van der Waals surface area (Å²) >= 11 is 0. The minimum atomic E-state index is -0.336. The molecule has 1 fully saturated rings. The molecule has 1 aliphatic rings. The second kappa shape index (κ2) is 5.97. The fraction of sp³-hybridized carbons (Fsp3) is 0.235. The summed E-state index contributed by atoms with van der Waals surface area (Å²) in [6.45, 7) is 0.321. The van der Waals surface area contributed by atoms with Crippen molar-refractivity contribution in [2.45, 2.75) is 6.04 Å². The molecule has 0 radical (unpaired) electrons. The maximum absolute atomic E-state index is 12.0. The quantitative estimate of drug-likeness (QED) is 0.812. The van der Waals surface area contributed by atoms with E-state index in [1.165, 1.54) is 7.11 Å². The van der Waals surface area contributed by atoms with Gasteiger partial charge in [-0.2, -0.15) is 0 Å². The number of carbonyl (C=O) groups excluding carboxylic acids is 1. The average Bonchev–Trinajstić information content (AvgIpc) is 3.00. The molecule has 0 spiro atoms. The van der Waals surface area contributed by atoms with E-state index in [4.69, 9.17) is 9.57 Å². The van der Waals surface area contributed by atoms with Crippen molar-refractivity contribution in [1.82, 2.24) is 0 Å². The van der Waals surface area contributed by atoms with E-state index >= 15 is 0 Å². The highest BCUT2D eigenvalue weighted by Gasteiger charge is 2.42. The summed E-state index contributed by atoms with van der Waals surface area (Å²) in [5.41, 5.74) is 1.96. The fourth-order valence-electron chi connectivity index (χ4n) is 2.67. The van der Waals surface area contributed by atoms with Crippen LogP contribution in [-0.2, 0) is 14.4 Å². The van der Waals surface area contributed by atoms with E-state index in [-0.39, 0.29) is 17.9 Å². The van der Waals surface area contributed by atoms with E-state index < -0.39 is 0 Å². The Morgan fingerprint density at radius 2 is 1.71 bits per heavy atom. The summed E-state index contributed by atoms with van der Waals surface area (Å²) in [7, 11) is 1.41. The lowest BCUT2D eigenvalue weighted by molar-refractivity contribution is -0.145. The minimum absolute atomic E-state index is 0.180. The van der Waals surface area contributed by atoms with E-state index in [0.29, 0.717) is 6.61 Å². The highest BCUT2D eigenvalue weighted by atomic mass is 16.7. The summed E-state index contributed by atoms with van der Waals surface area (Å²) in [5.74, 6) is -0.583. The topological polar surface area (TPSA) is 38.8 Å². The predicted molar refractivity (Wildman–Crippen MR) is 79.6 cm³/mol. The van der Waals surface area contributed by atoms with Crippen molar-refractivity contribution >= 4 is 11.7 Å². The second-order valence-corrected chi connectivity index (χ2v) is 4.94. The first kappa shape index (κ1) is 13.6. The Bertz CT molecular complexity index is 600. The van der Waals surface area contributed by atoms with Crippen LogP contribution in [-0.4, -0.2) is 19.7 Å². The van der Waals surface area contributed by atoms with Crippen molar-refractivity contribution in [3.63, 3.8) is 0 Å². The van der Waals surface area contributed by atoms with Crippen molar-refractivity contribution in [1.29, 1.82) is 0 Å². The van der Waals surface area contributed by atoms with E-state index in [1.54, 1.807) is 5.06 Å². The number of nitrogens with zero attached hydrogens (tertiary/aromatic N) is 1. The first-order valence-corrected chi connectivity index (χ1v) is 6.91. The third-order valence-corrected chi connectivity index (χ3v) is 3.68. The third-order valence-electron chi connectivity index (χ3n) is 3.68. The van der Waals surface area contributed by atoms with Gasteiger partial charge in [-0.1, -0.05) is 48.5 Å². The normalized spacial score (nSPS) is 21.3. The largest absolute Gasteiger partial charge is 0.469 e. The molecule has 2 aromatic carbocycles. The monoisotopic (exact) mass is 283 g/mol. The van der Waals surface area contributed by atoms with Gasteiger partial charge in [-0.3, -0.25) is 9.63 Å². The molecule has 2 atom stereocenters. The summed E-state index contributed by atoms with van der Waals surface area (Å²) in [5, 5.41) is 1.80. The minimum Gasteiger partial charge on any atom is -0.469 e. The maximum Gasteiger partial charge on any atom is 0.313 e. The lowest BCUT2D eigenvalue weighted by Crippen LogP contribution is -2.28. The Balaban J connectivity index is 1.99. The van der Waals surface area contributed by atoms with Crippen molar-refractivity contribution < 1.29 is 14.4 Å². The molecule has 0 N–H and O–H groups in total. The molecule has 1 aliphatic heterocycles. The molecule has 21 heavy (non-hydrogen) atoms. The summed E-state index contributed by atoms with van der Waals surface area (Å²) in [6, 6.07) is 19.5. The summed E-state index contributed by atoms with van der Waals surface area (Å²) in [4.78, 5) is 17.8. The molecule has 4 nitrogen and oxygen atoms in total. The highest BCUT2D eigenvalue weighted by molar-refractivity contribution is 5.75. The van der Waals surface area contributed by atoms with Crippen LogP contribution in [0.1, 0.15) is 11.6 Å². The second-order valence-electron chi connectivity index (χ2n) is 4.94. The van der Waals surface area contributed by atoms with Gasteiger partial charge in [0, 0.05) is 0 Å². The number of ether oxygens (including phenoxy) is 1. The van der Waals surface area contributed by atoms with Crippen molar-refractivity contribution in [2.24, 2.45) is 5.92 Å². The number of esters is 1. The van der Waals surface area contributed by atoms with Crippen LogP contribution in [0.5, 0.6) is 0 Å². The Hall–Kier alpha value is -2.33. The van der Waals surface area contributed by atoms with E-state index in [2.05, 4.69) is 0 Å². The van der Waals surface area contributed by atoms with Crippen molar-refractivity contribution in [3.8, 4) is 0 Å². The number of rotatable bonds is 3. The highest BCUT2D eigenvalue weighted by Crippen LogP contribution is 2.39. The standard InChI is InChI=1S/C17H17NO3/c1-20-17(19)15-12-21-18(14-10-6-3-7-11-14)16(15)13-8-4-2-5-9-13/h2-11,15-16H,12H2,1H3/t15-,16-/m1/s1. The Kier molecular flexibility index (Phi) is 3.88. The maximum atomic E-state index is 12.0. The SMILES string of the molecule is COC(=O)[C@@H]1CON(c2ccccc2)[C@@H]1c1ccccc1. The molecule has 0 bridgehead atoms. The van der Waals surface area contributed by atoms with Gasteiger partial charge in [-0.15, -0.1) is 0 Å².